The summed E-state index contributed by atoms with van der Waals surface area (Å²) in [5.74, 6) is 0. The van der Waals surface area contributed by atoms with Crippen molar-refractivity contribution < 1.29 is 4.74 Å². The predicted octanol–water partition coefficient (Wildman–Crippen LogP) is 4.19. The van der Waals surface area contributed by atoms with Crippen molar-refractivity contribution in [2.75, 3.05) is 7.11 Å². The molecule has 2 aromatic rings. The van der Waals surface area contributed by atoms with Crippen molar-refractivity contribution in [3.63, 3.8) is 0 Å². The first kappa shape index (κ1) is 15.2. The van der Waals surface area contributed by atoms with Crippen molar-refractivity contribution in [3.05, 3.63) is 69.2 Å². The molecule has 0 fully saturated rings. The monoisotopic (exact) mass is 333 g/mol. The lowest BCUT2D eigenvalue weighted by Crippen LogP contribution is -2.14. The normalized spacial score (nSPS) is 10.8. The summed E-state index contributed by atoms with van der Waals surface area (Å²) in [4.78, 5) is 0. The van der Waals surface area contributed by atoms with Crippen molar-refractivity contribution >= 4 is 15.9 Å². The molecule has 0 aliphatic carbocycles. The zero-order valence-corrected chi connectivity index (χ0v) is 13.5. The van der Waals surface area contributed by atoms with E-state index in [1.807, 2.05) is 0 Å². The van der Waals surface area contributed by atoms with Crippen LogP contribution in [0.25, 0.3) is 0 Å². The zero-order valence-electron chi connectivity index (χ0n) is 11.9. The minimum atomic E-state index is 0.659. The molecule has 0 radical (unpaired) electrons. The van der Waals surface area contributed by atoms with E-state index in [1.54, 1.807) is 7.11 Å². The summed E-state index contributed by atoms with van der Waals surface area (Å²) >= 11 is 3.61. The van der Waals surface area contributed by atoms with E-state index in [4.69, 9.17) is 4.74 Å². The van der Waals surface area contributed by atoms with Gasteiger partial charge in [0.25, 0.3) is 0 Å². The lowest BCUT2D eigenvalue weighted by molar-refractivity contribution is 0.184. The third-order valence-corrected chi connectivity index (χ3v) is 4.00. The van der Waals surface area contributed by atoms with Crippen LogP contribution in [0.4, 0.5) is 0 Å². The topological polar surface area (TPSA) is 21.3 Å². The SMILES string of the molecule is COCc1ccccc1CNCc1ccc(C)cc1Br. The highest BCUT2D eigenvalue weighted by Crippen LogP contribution is 2.18. The molecule has 0 amide bonds. The third-order valence-electron chi connectivity index (χ3n) is 3.26. The molecule has 3 heteroatoms. The van der Waals surface area contributed by atoms with E-state index in [0.717, 1.165) is 17.6 Å². The van der Waals surface area contributed by atoms with Gasteiger partial charge in [0.05, 0.1) is 6.61 Å². The highest BCUT2D eigenvalue weighted by Gasteiger charge is 2.03. The van der Waals surface area contributed by atoms with Gasteiger partial charge in [-0.05, 0) is 35.2 Å². The number of benzene rings is 2. The molecule has 0 unspecified atom stereocenters. The Balaban J connectivity index is 1.96. The quantitative estimate of drug-likeness (QED) is 0.855. The first-order valence-electron chi connectivity index (χ1n) is 6.72. The highest BCUT2D eigenvalue weighted by atomic mass is 79.9. The Morgan fingerprint density at radius 3 is 2.40 bits per heavy atom. The minimum Gasteiger partial charge on any atom is -0.380 e. The van der Waals surface area contributed by atoms with Crippen LogP contribution < -0.4 is 5.32 Å². The van der Waals surface area contributed by atoms with Crippen LogP contribution in [0.15, 0.2) is 46.9 Å². The molecule has 1 N–H and O–H groups in total. The molecule has 0 saturated heterocycles. The molecule has 0 aliphatic rings. The predicted molar refractivity (Wildman–Crippen MR) is 86.6 cm³/mol. The summed E-state index contributed by atoms with van der Waals surface area (Å²) in [7, 11) is 1.73. The summed E-state index contributed by atoms with van der Waals surface area (Å²) in [6, 6.07) is 14.8. The van der Waals surface area contributed by atoms with Gasteiger partial charge in [-0.25, -0.2) is 0 Å². The smallest absolute Gasteiger partial charge is 0.0716 e. The van der Waals surface area contributed by atoms with Gasteiger partial charge in [0.2, 0.25) is 0 Å². The number of hydrogen-bond acceptors (Lipinski definition) is 2. The number of hydrogen-bond donors (Lipinski definition) is 1. The summed E-state index contributed by atoms with van der Waals surface area (Å²) in [6.45, 7) is 4.46. The van der Waals surface area contributed by atoms with Crippen LogP contribution in [0.5, 0.6) is 0 Å². The molecular weight excluding hydrogens is 314 g/mol. The Bertz CT molecular complexity index is 569. The molecule has 0 heterocycles. The number of halogens is 1. The Hall–Kier alpha value is -1.16. The lowest BCUT2D eigenvalue weighted by Gasteiger charge is -2.11. The van der Waals surface area contributed by atoms with E-state index in [0.29, 0.717) is 6.61 Å². The standard InChI is InChI=1S/C17H20BrNO/c1-13-7-8-15(17(18)9-13)11-19-10-14-5-3-4-6-16(14)12-20-2/h3-9,19H,10-12H2,1-2H3. The molecule has 0 aromatic heterocycles. The van der Waals surface area contributed by atoms with Crippen LogP contribution in [0, 0.1) is 6.92 Å². The largest absolute Gasteiger partial charge is 0.380 e. The second-order valence-electron chi connectivity index (χ2n) is 4.90. The van der Waals surface area contributed by atoms with E-state index in [2.05, 4.69) is 70.6 Å². The molecule has 2 nitrogen and oxygen atoms in total. The van der Waals surface area contributed by atoms with Crippen LogP contribution in [0.1, 0.15) is 22.3 Å². The second kappa shape index (κ2) is 7.58. The van der Waals surface area contributed by atoms with Crippen LogP contribution >= 0.6 is 15.9 Å². The molecule has 20 heavy (non-hydrogen) atoms. The van der Waals surface area contributed by atoms with Gasteiger partial charge in [0, 0.05) is 24.7 Å². The van der Waals surface area contributed by atoms with E-state index >= 15 is 0 Å². The average molecular weight is 334 g/mol. The molecule has 0 bridgehead atoms. The van der Waals surface area contributed by atoms with E-state index in [-0.39, 0.29) is 0 Å². The van der Waals surface area contributed by atoms with Gasteiger partial charge in [-0.15, -0.1) is 0 Å². The first-order chi connectivity index (χ1) is 9.70. The van der Waals surface area contributed by atoms with E-state index in [1.165, 1.54) is 22.3 Å². The Morgan fingerprint density at radius 2 is 1.70 bits per heavy atom. The Kier molecular flexibility index (Phi) is 5.77. The molecule has 106 valence electrons. The van der Waals surface area contributed by atoms with Crippen LogP contribution in [-0.2, 0) is 24.4 Å². The van der Waals surface area contributed by atoms with E-state index in [9.17, 15) is 0 Å². The molecule has 0 aliphatic heterocycles. The molecule has 0 saturated carbocycles. The van der Waals surface area contributed by atoms with Crippen LogP contribution in [0.2, 0.25) is 0 Å². The molecule has 2 rings (SSSR count). The fourth-order valence-electron chi connectivity index (χ4n) is 2.15. The van der Waals surface area contributed by atoms with Gasteiger partial charge in [-0.3, -0.25) is 0 Å². The number of aryl methyl sites for hydroxylation is 1. The fourth-order valence-corrected chi connectivity index (χ4v) is 2.79. The Morgan fingerprint density at radius 1 is 1.00 bits per heavy atom. The maximum Gasteiger partial charge on any atom is 0.0716 e. The number of rotatable bonds is 6. The molecular formula is C17H20BrNO. The number of ether oxygens (including phenoxy) is 1. The van der Waals surface area contributed by atoms with Gasteiger partial charge in [-0.2, -0.15) is 0 Å². The van der Waals surface area contributed by atoms with Gasteiger partial charge in [0.15, 0.2) is 0 Å². The minimum absolute atomic E-state index is 0.659. The maximum absolute atomic E-state index is 5.23. The molecule has 0 atom stereocenters. The van der Waals surface area contributed by atoms with Crippen LogP contribution in [0.3, 0.4) is 0 Å². The Labute approximate surface area is 129 Å². The highest BCUT2D eigenvalue weighted by molar-refractivity contribution is 9.10. The number of nitrogens with one attached hydrogen (secondary N) is 1. The van der Waals surface area contributed by atoms with Crippen molar-refractivity contribution in [2.24, 2.45) is 0 Å². The van der Waals surface area contributed by atoms with Crippen molar-refractivity contribution in [2.45, 2.75) is 26.6 Å². The maximum atomic E-state index is 5.23. The summed E-state index contributed by atoms with van der Waals surface area (Å²) in [5, 5.41) is 3.49. The first-order valence-corrected chi connectivity index (χ1v) is 7.51. The van der Waals surface area contributed by atoms with Gasteiger partial charge in [0.1, 0.15) is 0 Å². The van der Waals surface area contributed by atoms with Crippen LogP contribution in [-0.4, -0.2) is 7.11 Å². The third kappa shape index (κ3) is 4.17. The number of methoxy groups -OCH3 is 1. The summed E-state index contributed by atoms with van der Waals surface area (Å²) < 4.78 is 6.39. The fraction of sp³-hybridized carbons (Fsp3) is 0.294. The van der Waals surface area contributed by atoms with Crippen molar-refractivity contribution in [3.8, 4) is 0 Å². The molecule has 0 spiro atoms. The zero-order chi connectivity index (χ0) is 14.4. The van der Waals surface area contributed by atoms with E-state index < -0.39 is 0 Å². The summed E-state index contributed by atoms with van der Waals surface area (Å²) in [5.41, 5.74) is 5.08. The lowest BCUT2D eigenvalue weighted by atomic mass is 10.1. The van der Waals surface area contributed by atoms with Crippen molar-refractivity contribution in [1.82, 2.24) is 5.32 Å². The van der Waals surface area contributed by atoms with Crippen molar-refractivity contribution in [1.29, 1.82) is 0 Å². The molecule has 2 aromatic carbocycles. The second-order valence-corrected chi connectivity index (χ2v) is 5.75. The van der Waals surface area contributed by atoms with Gasteiger partial charge in [-0.1, -0.05) is 52.3 Å². The van der Waals surface area contributed by atoms with Gasteiger partial charge >= 0.3 is 0 Å². The van der Waals surface area contributed by atoms with Gasteiger partial charge < -0.3 is 10.1 Å². The summed E-state index contributed by atoms with van der Waals surface area (Å²) in [6.07, 6.45) is 0. The average Bonchev–Trinajstić information content (AvgIpc) is 2.43.